The Balaban J connectivity index is 0.00000169. The van der Waals surface area contributed by atoms with Crippen LogP contribution in [-0.2, 0) is 17.9 Å². The monoisotopic (exact) mass is 405 g/mol. The van der Waals surface area contributed by atoms with Crippen LogP contribution >= 0.6 is 24.8 Å². The van der Waals surface area contributed by atoms with E-state index in [9.17, 15) is 4.79 Å². The zero-order valence-corrected chi connectivity index (χ0v) is 17.3. The zero-order valence-electron chi connectivity index (χ0n) is 15.7. The van der Waals surface area contributed by atoms with Crippen LogP contribution in [0.15, 0.2) is 12.4 Å². The van der Waals surface area contributed by atoms with Crippen molar-refractivity contribution in [3.05, 3.63) is 18.0 Å². The molecule has 3 rings (SSSR count). The van der Waals surface area contributed by atoms with Crippen LogP contribution in [0, 0.1) is 5.92 Å². The zero-order chi connectivity index (χ0) is 17.0. The third-order valence-electron chi connectivity index (χ3n) is 5.52. The van der Waals surface area contributed by atoms with Gasteiger partial charge in [0, 0.05) is 37.9 Å². The highest BCUT2D eigenvalue weighted by Gasteiger charge is 2.37. The van der Waals surface area contributed by atoms with Crippen molar-refractivity contribution in [2.75, 3.05) is 19.6 Å². The molecule has 0 spiro atoms. The van der Waals surface area contributed by atoms with E-state index in [1.165, 1.54) is 18.4 Å². The molecule has 1 saturated carbocycles. The fourth-order valence-corrected chi connectivity index (χ4v) is 4.03. The van der Waals surface area contributed by atoms with E-state index in [0.29, 0.717) is 5.92 Å². The fraction of sp³-hybridized carbons (Fsp3) is 0.778. The Hall–Kier alpha value is -0.820. The van der Waals surface area contributed by atoms with Crippen LogP contribution in [-0.4, -0.2) is 45.8 Å². The molecule has 1 aliphatic carbocycles. The summed E-state index contributed by atoms with van der Waals surface area (Å²) < 4.78 is 1.97. The Morgan fingerprint density at radius 1 is 1.35 bits per heavy atom. The van der Waals surface area contributed by atoms with Crippen molar-refractivity contribution in [3.8, 4) is 0 Å². The number of hydrogen-bond donors (Lipinski definition) is 2. The van der Waals surface area contributed by atoms with Gasteiger partial charge in [0.1, 0.15) is 0 Å². The summed E-state index contributed by atoms with van der Waals surface area (Å²) in [5.74, 6) is 0.579. The van der Waals surface area contributed by atoms with Crippen LogP contribution in [0.25, 0.3) is 0 Å². The molecule has 6 nitrogen and oxygen atoms in total. The number of nitrogens with one attached hydrogen (secondary N) is 1. The summed E-state index contributed by atoms with van der Waals surface area (Å²) in [5, 5.41) is 7.47. The number of rotatable bonds is 6. The van der Waals surface area contributed by atoms with Crippen molar-refractivity contribution in [1.29, 1.82) is 0 Å². The number of halogens is 2. The van der Waals surface area contributed by atoms with Crippen LogP contribution in [0.3, 0.4) is 0 Å². The minimum atomic E-state index is -0.608. The highest BCUT2D eigenvalue weighted by Crippen LogP contribution is 2.27. The number of amides is 1. The summed E-state index contributed by atoms with van der Waals surface area (Å²) in [4.78, 5) is 14.8. The van der Waals surface area contributed by atoms with Crippen LogP contribution < -0.4 is 11.1 Å². The predicted octanol–water partition coefficient (Wildman–Crippen LogP) is 2.35. The van der Waals surface area contributed by atoms with E-state index in [-0.39, 0.29) is 30.7 Å². The summed E-state index contributed by atoms with van der Waals surface area (Å²) in [5.41, 5.74) is 6.90. The molecule has 1 aromatic rings. The van der Waals surface area contributed by atoms with E-state index in [1.807, 2.05) is 10.9 Å². The Morgan fingerprint density at radius 3 is 2.73 bits per heavy atom. The van der Waals surface area contributed by atoms with Crippen LogP contribution in [0.5, 0.6) is 0 Å². The molecule has 2 aliphatic rings. The summed E-state index contributed by atoms with van der Waals surface area (Å²) >= 11 is 0. The number of nitrogens with zero attached hydrogens (tertiary/aromatic N) is 3. The first-order chi connectivity index (χ1) is 11.6. The topological polar surface area (TPSA) is 76.2 Å². The maximum absolute atomic E-state index is 12.4. The minimum absolute atomic E-state index is 0. The van der Waals surface area contributed by atoms with Gasteiger partial charge < -0.3 is 11.1 Å². The van der Waals surface area contributed by atoms with Gasteiger partial charge in [-0.25, -0.2) is 0 Å². The normalized spacial score (nSPS) is 22.3. The van der Waals surface area contributed by atoms with Crippen LogP contribution in [0.1, 0.15) is 51.0 Å². The Morgan fingerprint density at radius 2 is 2.08 bits per heavy atom. The van der Waals surface area contributed by atoms with Crippen molar-refractivity contribution >= 4 is 30.7 Å². The number of aromatic nitrogens is 2. The molecule has 1 atom stereocenters. The second-order valence-corrected chi connectivity index (χ2v) is 7.52. The largest absolute Gasteiger partial charge is 0.354 e. The van der Waals surface area contributed by atoms with E-state index in [4.69, 9.17) is 5.73 Å². The van der Waals surface area contributed by atoms with E-state index >= 15 is 0 Å². The number of aryl methyl sites for hydroxylation is 1. The highest BCUT2D eigenvalue weighted by atomic mass is 35.5. The highest BCUT2D eigenvalue weighted by molar-refractivity contribution is 5.86. The number of likely N-dealkylation sites (tertiary alicyclic amines) is 1. The van der Waals surface area contributed by atoms with E-state index in [1.54, 1.807) is 0 Å². The van der Waals surface area contributed by atoms with E-state index < -0.39 is 5.54 Å². The van der Waals surface area contributed by atoms with Gasteiger partial charge in [0.25, 0.3) is 0 Å². The average molecular weight is 406 g/mol. The number of piperidine rings is 1. The third-order valence-corrected chi connectivity index (χ3v) is 5.52. The van der Waals surface area contributed by atoms with Crippen molar-refractivity contribution in [1.82, 2.24) is 20.0 Å². The van der Waals surface area contributed by atoms with Crippen molar-refractivity contribution in [2.24, 2.45) is 11.7 Å². The molecule has 150 valence electrons. The SMILES string of the molecule is CCn1cc(CN2CCCC(CNC(=O)C3(N)CCCC3)C2)cn1.Cl.Cl. The molecular formula is C18H33Cl2N5O. The number of nitrogens with two attached hydrogens (primary N) is 1. The number of hydrogen-bond acceptors (Lipinski definition) is 4. The van der Waals surface area contributed by atoms with E-state index in [2.05, 4.69) is 28.4 Å². The lowest BCUT2D eigenvalue weighted by Gasteiger charge is -2.33. The molecule has 1 unspecified atom stereocenters. The maximum Gasteiger partial charge on any atom is 0.240 e. The first kappa shape index (κ1) is 23.2. The fourth-order valence-electron chi connectivity index (χ4n) is 4.03. The molecule has 1 amide bonds. The molecule has 3 N–H and O–H groups in total. The van der Waals surface area contributed by atoms with Gasteiger partial charge in [0.05, 0.1) is 11.7 Å². The first-order valence-electron chi connectivity index (χ1n) is 9.40. The van der Waals surface area contributed by atoms with Gasteiger partial charge in [-0.3, -0.25) is 14.4 Å². The molecule has 0 radical (unpaired) electrons. The molecule has 1 aromatic heterocycles. The molecule has 1 aliphatic heterocycles. The molecule has 0 aromatic carbocycles. The van der Waals surface area contributed by atoms with Crippen molar-refractivity contribution in [3.63, 3.8) is 0 Å². The first-order valence-corrected chi connectivity index (χ1v) is 9.40. The Labute approximate surface area is 169 Å². The molecule has 2 heterocycles. The lowest BCUT2D eigenvalue weighted by molar-refractivity contribution is -0.126. The standard InChI is InChI=1S/C18H31N5O.2ClH/c1-2-23-14-16(11-21-23)13-22-9-5-6-15(12-22)10-20-17(24)18(19)7-3-4-8-18;;/h11,14-15H,2-10,12-13,19H2,1H3,(H,20,24);2*1H. The quantitative estimate of drug-likeness (QED) is 0.761. The van der Waals surface area contributed by atoms with Gasteiger partial charge in [0.2, 0.25) is 5.91 Å². The maximum atomic E-state index is 12.4. The summed E-state index contributed by atoms with van der Waals surface area (Å²) in [6.07, 6.45) is 10.3. The summed E-state index contributed by atoms with van der Waals surface area (Å²) in [7, 11) is 0. The second kappa shape index (κ2) is 10.5. The minimum Gasteiger partial charge on any atom is -0.354 e. The van der Waals surface area contributed by atoms with Crippen molar-refractivity contribution < 1.29 is 4.79 Å². The van der Waals surface area contributed by atoms with Gasteiger partial charge in [-0.2, -0.15) is 5.10 Å². The number of carbonyl (C=O) groups is 1. The molecule has 26 heavy (non-hydrogen) atoms. The average Bonchev–Trinajstić information content (AvgIpc) is 3.23. The van der Waals surface area contributed by atoms with Gasteiger partial charge in [-0.05, 0) is 45.1 Å². The predicted molar refractivity (Wildman–Crippen MR) is 109 cm³/mol. The van der Waals surface area contributed by atoms with Gasteiger partial charge in [-0.15, -0.1) is 24.8 Å². The van der Waals surface area contributed by atoms with Gasteiger partial charge in [0.15, 0.2) is 0 Å². The Kier molecular flexibility index (Phi) is 9.38. The Bertz CT molecular complexity index is 560. The van der Waals surface area contributed by atoms with E-state index in [0.717, 1.165) is 58.4 Å². The molecule has 0 bridgehead atoms. The smallest absolute Gasteiger partial charge is 0.240 e. The summed E-state index contributed by atoms with van der Waals surface area (Å²) in [6, 6.07) is 0. The van der Waals surface area contributed by atoms with Gasteiger partial charge in [-0.1, -0.05) is 12.8 Å². The summed E-state index contributed by atoms with van der Waals surface area (Å²) in [6.45, 7) is 6.88. The lowest BCUT2D eigenvalue weighted by Crippen LogP contribution is -2.53. The number of carbonyl (C=O) groups excluding carboxylic acids is 1. The van der Waals surface area contributed by atoms with Gasteiger partial charge >= 0.3 is 0 Å². The molecule has 8 heteroatoms. The molecular weight excluding hydrogens is 373 g/mol. The lowest BCUT2D eigenvalue weighted by atomic mass is 9.95. The second-order valence-electron chi connectivity index (χ2n) is 7.52. The molecule has 2 fully saturated rings. The molecule has 1 saturated heterocycles. The third kappa shape index (κ3) is 5.84. The van der Waals surface area contributed by atoms with Crippen LogP contribution in [0.4, 0.5) is 0 Å². The van der Waals surface area contributed by atoms with Crippen molar-refractivity contribution in [2.45, 2.75) is 64.1 Å². The van der Waals surface area contributed by atoms with Crippen LogP contribution in [0.2, 0.25) is 0 Å².